The van der Waals surface area contributed by atoms with Crippen molar-refractivity contribution in [2.45, 2.75) is 30.6 Å². The summed E-state index contributed by atoms with van der Waals surface area (Å²) in [6.07, 6.45) is 2.10. The monoisotopic (exact) mass is 357 g/mol. The van der Waals surface area contributed by atoms with E-state index in [4.69, 9.17) is 5.21 Å². The van der Waals surface area contributed by atoms with E-state index in [-0.39, 0.29) is 15.4 Å². The first-order chi connectivity index (χ1) is 12.0. The maximum atomic E-state index is 12.9. The molecule has 2 aromatic carbocycles. The second kappa shape index (κ2) is 7.21. The van der Waals surface area contributed by atoms with Crippen LogP contribution in [0, 0.1) is 0 Å². The van der Waals surface area contributed by atoms with Crippen molar-refractivity contribution in [2.24, 2.45) is 0 Å². The lowest BCUT2D eigenvalue weighted by molar-refractivity contribution is -0.125. The molecule has 0 unspecified atom stereocenters. The molecule has 0 saturated carbocycles. The Balaban J connectivity index is 2.00. The highest BCUT2D eigenvalue weighted by Gasteiger charge is 2.29. The van der Waals surface area contributed by atoms with E-state index in [2.05, 4.69) is 0 Å². The molecule has 0 spiro atoms. The normalized spacial score (nSPS) is 15.1. The molecule has 130 valence electrons. The number of benzene rings is 2. The third kappa shape index (κ3) is 3.50. The highest BCUT2D eigenvalue weighted by Crippen LogP contribution is 2.33. The summed E-state index contributed by atoms with van der Waals surface area (Å²) in [5.41, 5.74) is 3.64. The van der Waals surface area contributed by atoms with Crippen LogP contribution in [0.3, 0.4) is 0 Å². The number of amides is 1. The first kappa shape index (κ1) is 17.4. The van der Waals surface area contributed by atoms with E-state index in [1.54, 1.807) is 29.7 Å². The number of carbonyl (C=O) groups excluding carboxylic acids is 1. The van der Waals surface area contributed by atoms with Crippen LogP contribution < -0.4 is 5.48 Å². The van der Waals surface area contributed by atoms with Crippen LogP contribution in [0.4, 0.5) is 0 Å². The molecule has 0 fully saturated rings. The fourth-order valence-electron chi connectivity index (χ4n) is 3.08. The summed E-state index contributed by atoms with van der Waals surface area (Å²) in [4.78, 5) is 12.1. The van der Waals surface area contributed by atoms with Gasteiger partial charge in [0.15, 0.2) is 0 Å². The zero-order valence-electron chi connectivity index (χ0n) is 13.6. The number of rotatable bonds is 4. The van der Waals surface area contributed by atoms with Crippen LogP contribution in [0.15, 0.2) is 70.0 Å². The van der Waals surface area contributed by atoms with Crippen LogP contribution in [-0.4, -0.2) is 19.5 Å². The highest BCUT2D eigenvalue weighted by atomic mass is 32.2. The SMILES string of the molecule is O=C(NO)C1=C(S(=O)(=O)c2ccc(-c3ccccc3)cc2)CCCC1. The van der Waals surface area contributed by atoms with Gasteiger partial charge in [0.1, 0.15) is 0 Å². The maximum Gasteiger partial charge on any atom is 0.271 e. The topological polar surface area (TPSA) is 83.5 Å². The summed E-state index contributed by atoms with van der Waals surface area (Å²) in [6.45, 7) is 0. The molecule has 0 radical (unpaired) electrons. The Morgan fingerprint density at radius 3 is 2.12 bits per heavy atom. The van der Waals surface area contributed by atoms with Gasteiger partial charge in [-0.1, -0.05) is 42.5 Å². The van der Waals surface area contributed by atoms with Crippen molar-refractivity contribution in [2.75, 3.05) is 0 Å². The van der Waals surface area contributed by atoms with Gasteiger partial charge in [-0.2, -0.15) is 0 Å². The van der Waals surface area contributed by atoms with Crippen molar-refractivity contribution in [1.29, 1.82) is 0 Å². The van der Waals surface area contributed by atoms with Crippen molar-refractivity contribution in [1.82, 2.24) is 5.48 Å². The van der Waals surface area contributed by atoms with Gasteiger partial charge in [0.25, 0.3) is 5.91 Å². The summed E-state index contributed by atoms with van der Waals surface area (Å²) in [7, 11) is -3.76. The third-order valence-corrected chi connectivity index (χ3v) is 6.38. The minimum Gasteiger partial charge on any atom is -0.288 e. The van der Waals surface area contributed by atoms with Gasteiger partial charge in [-0.05, 0) is 48.9 Å². The van der Waals surface area contributed by atoms with Gasteiger partial charge in [-0.25, -0.2) is 13.9 Å². The Bertz CT molecular complexity index is 900. The van der Waals surface area contributed by atoms with Crippen LogP contribution in [0.2, 0.25) is 0 Å². The van der Waals surface area contributed by atoms with E-state index in [9.17, 15) is 13.2 Å². The minimum absolute atomic E-state index is 0.109. The maximum absolute atomic E-state index is 12.9. The standard InChI is InChI=1S/C19H19NO4S/c21-19(20-22)17-8-4-5-9-18(17)25(23,24)16-12-10-15(11-13-16)14-6-2-1-3-7-14/h1-3,6-7,10-13,22H,4-5,8-9H2,(H,20,21). The number of hydrogen-bond donors (Lipinski definition) is 2. The number of carbonyl (C=O) groups is 1. The van der Waals surface area contributed by atoms with Gasteiger partial charge < -0.3 is 0 Å². The summed E-state index contributed by atoms with van der Waals surface area (Å²) < 4.78 is 25.9. The Morgan fingerprint density at radius 1 is 0.880 bits per heavy atom. The van der Waals surface area contributed by atoms with E-state index < -0.39 is 15.7 Å². The molecule has 3 rings (SSSR count). The highest BCUT2D eigenvalue weighted by molar-refractivity contribution is 7.95. The number of hydrogen-bond acceptors (Lipinski definition) is 4. The fraction of sp³-hybridized carbons (Fsp3) is 0.211. The first-order valence-corrected chi connectivity index (χ1v) is 9.59. The van der Waals surface area contributed by atoms with Crippen LogP contribution in [0.25, 0.3) is 11.1 Å². The fourth-order valence-corrected chi connectivity index (χ4v) is 4.79. The summed E-state index contributed by atoms with van der Waals surface area (Å²) >= 11 is 0. The van der Waals surface area contributed by atoms with E-state index in [1.165, 1.54) is 0 Å². The number of nitrogens with one attached hydrogen (secondary N) is 1. The van der Waals surface area contributed by atoms with Crippen LogP contribution >= 0.6 is 0 Å². The predicted octanol–water partition coefficient (Wildman–Crippen LogP) is 3.46. The van der Waals surface area contributed by atoms with Crippen molar-refractivity contribution >= 4 is 15.7 Å². The van der Waals surface area contributed by atoms with Gasteiger partial charge in [0, 0.05) is 5.57 Å². The van der Waals surface area contributed by atoms with E-state index in [0.29, 0.717) is 19.3 Å². The molecule has 1 amide bonds. The van der Waals surface area contributed by atoms with Crippen molar-refractivity contribution < 1.29 is 18.4 Å². The third-order valence-electron chi connectivity index (χ3n) is 4.39. The molecule has 0 atom stereocenters. The predicted molar refractivity (Wildman–Crippen MR) is 94.5 cm³/mol. The molecule has 5 nitrogen and oxygen atoms in total. The molecule has 2 aromatic rings. The van der Waals surface area contributed by atoms with Gasteiger partial charge >= 0.3 is 0 Å². The Morgan fingerprint density at radius 2 is 1.48 bits per heavy atom. The first-order valence-electron chi connectivity index (χ1n) is 8.11. The summed E-state index contributed by atoms with van der Waals surface area (Å²) in [5, 5.41) is 8.88. The quantitative estimate of drug-likeness (QED) is 0.648. The largest absolute Gasteiger partial charge is 0.288 e. The van der Waals surface area contributed by atoms with Crippen LogP contribution in [0.5, 0.6) is 0 Å². The average molecular weight is 357 g/mol. The van der Waals surface area contributed by atoms with E-state index in [1.807, 2.05) is 30.3 Å². The molecule has 0 heterocycles. The molecule has 0 aromatic heterocycles. The Hall–Kier alpha value is -2.44. The van der Waals surface area contributed by atoms with Crippen LogP contribution in [-0.2, 0) is 14.6 Å². The summed E-state index contributed by atoms with van der Waals surface area (Å²) in [5.74, 6) is -0.737. The molecule has 6 heteroatoms. The number of sulfone groups is 1. The molecule has 0 saturated heterocycles. The molecular formula is C19H19NO4S. The number of hydroxylamine groups is 1. The molecule has 1 aliphatic carbocycles. The molecule has 0 aliphatic heterocycles. The molecule has 1 aliphatic rings. The lowest BCUT2D eigenvalue weighted by atomic mass is 9.99. The second-order valence-electron chi connectivity index (χ2n) is 5.94. The van der Waals surface area contributed by atoms with Crippen LogP contribution in [0.1, 0.15) is 25.7 Å². The van der Waals surface area contributed by atoms with Gasteiger partial charge in [0.2, 0.25) is 9.84 Å². The van der Waals surface area contributed by atoms with Crippen molar-refractivity contribution in [3.05, 3.63) is 65.1 Å². The molecule has 25 heavy (non-hydrogen) atoms. The zero-order valence-corrected chi connectivity index (χ0v) is 14.4. The molecular weight excluding hydrogens is 338 g/mol. The average Bonchev–Trinajstić information content (AvgIpc) is 2.68. The minimum atomic E-state index is -3.76. The Labute approximate surface area is 146 Å². The van der Waals surface area contributed by atoms with Crippen molar-refractivity contribution in [3.63, 3.8) is 0 Å². The lowest BCUT2D eigenvalue weighted by Crippen LogP contribution is -2.25. The number of allylic oxidation sites excluding steroid dienone is 1. The van der Waals surface area contributed by atoms with Gasteiger partial charge in [-0.15, -0.1) is 0 Å². The lowest BCUT2D eigenvalue weighted by Gasteiger charge is -2.19. The smallest absolute Gasteiger partial charge is 0.271 e. The summed E-state index contributed by atoms with van der Waals surface area (Å²) in [6, 6.07) is 16.3. The molecule has 2 N–H and O–H groups in total. The van der Waals surface area contributed by atoms with Gasteiger partial charge in [0.05, 0.1) is 9.80 Å². The van der Waals surface area contributed by atoms with E-state index in [0.717, 1.165) is 17.5 Å². The van der Waals surface area contributed by atoms with E-state index >= 15 is 0 Å². The second-order valence-corrected chi connectivity index (χ2v) is 7.91. The van der Waals surface area contributed by atoms with Gasteiger partial charge in [-0.3, -0.25) is 10.0 Å². The van der Waals surface area contributed by atoms with Crippen molar-refractivity contribution in [3.8, 4) is 11.1 Å². The zero-order chi connectivity index (χ0) is 17.9. The Kier molecular flexibility index (Phi) is 5.01. The molecule has 0 bridgehead atoms.